The zero-order valence-corrected chi connectivity index (χ0v) is 5.43. The topological polar surface area (TPSA) is 12.4 Å². The Kier molecular flexibility index (Phi) is 4.57. The lowest BCUT2D eigenvalue weighted by Crippen LogP contribution is -1.58. The van der Waals surface area contributed by atoms with Gasteiger partial charge in [-0.15, -0.1) is 11.1 Å². The molecular weight excluding hydrogens is 122 g/mol. The number of nitrogens with zero attached hydrogens (tertiary/aromatic N) is 1. The fourth-order valence-electron chi connectivity index (χ4n) is 0.0244. The minimum Gasteiger partial charge on any atom is -0.262 e. The van der Waals surface area contributed by atoms with Crippen LogP contribution in [0.4, 0.5) is 0 Å². The van der Waals surface area contributed by atoms with E-state index in [0.717, 1.165) is 0 Å². The molecule has 0 N–H and O–H groups in total. The molecule has 0 saturated carbocycles. The molecule has 0 saturated heterocycles. The van der Waals surface area contributed by atoms with Gasteiger partial charge in [0, 0.05) is 5.16 Å². The van der Waals surface area contributed by atoms with Crippen LogP contribution < -0.4 is 0 Å². The zero-order chi connectivity index (χ0) is 4.12. The SMILES string of the molecule is S=C=N[SiH2]Cl. The molecule has 0 amide bonds. The molecule has 0 aliphatic rings. The average Bonchev–Trinajstić information content (AvgIpc) is 1.41. The molecule has 0 aliphatic heterocycles. The molecule has 0 atom stereocenters. The lowest BCUT2D eigenvalue weighted by Gasteiger charge is -1.56. The van der Waals surface area contributed by atoms with Gasteiger partial charge in [-0.05, 0) is 12.2 Å². The number of hydrogen-bond donors (Lipinski definition) is 0. The summed E-state index contributed by atoms with van der Waals surface area (Å²) in [6.07, 6.45) is 0. The zero-order valence-electron chi connectivity index (χ0n) is 2.44. The second-order valence-electron chi connectivity index (χ2n) is 0.369. The van der Waals surface area contributed by atoms with Crippen molar-refractivity contribution in [2.24, 2.45) is 4.66 Å². The summed E-state index contributed by atoms with van der Waals surface area (Å²) < 4.78 is 3.44. The lowest BCUT2D eigenvalue weighted by atomic mass is 11.8. The molecule has 0 fully saturated rings. The smallest absolute Gasteiger partial charge is 0.259 e. The van der Waals surface area contributed by atoms with E-state index in [4.69, 9.17) is 11.1 Å². The monoisotopic (exact) mass is 123 g/mol. The summed E-state index contributed by atoms with van der Waals surface area (Å²) in [7, 11) is -0.704. The van der Waals surface area contributed by atoms with Crippen molar-refractivity contribution in [3.8, 4) is 0 Å². The maximum atomic E-state index is 5.14. The van der Waals surface area contributed by atoms with E-state index in [1.807, 2.05) is 0 Å². The number of halogens is 1. The third kappa shape index (κ3) is 4.31. The Morgan fingerprint density at radius 3 is 2.60 bits per heavy atom. The van der Waals surface area contributed by atoms with E-state index >= 15 is 0 Å². The molecule has 0 bridgehead atoms. The number of isothiocyanates is 1. The highest BCUT2D eigenvalue weighted by atomic mass is 35.6. The van der Waals surface area contributed by atoms with Gasteiger partial charge in [-0.2, -0.15) is 0 Å². The predicted molar refractivity (Wildman–Crippen MR) is 29.4 cm³/mol. The van der Waals surface area contributed by atoms with Gasteiger partial charge in [0.2, 0.25) is 0 Å². The fraction of sp³-hybridized carbons (Fsp3) is 0. The average molecular weight is 124 g/mol. The van der Waals surface area contributed by atoms with Crippen molar-refractivity contribution >= 4 is 37.4 Å². The fourth-order valence-corrected chi connectivity index (χ4v) is 0.659. The molecule has 0 radical (unpaired) electrons. The van der Waals surface area contributed by atoms with E-state index in [-0.39, 0.29) is 0 Å². The van der Waals surface area contributed by atoms with E-state index in [1.165, 1.54) is 0 Å². The van der Waals surface area contributed by atoms with Crippen molar-refractivity contribution in [3.63, 3.8) is 0 Å². The molecule has 0 aromatic carbocycles. The lowest BCUT2D eigenvalue weighted by molar-refractivity contribution is 1.97. The van der Waals surface area contributed by atoms with Crippen LogP contribution in [0.5, 0.6) is 0 Å². The van der Waals surface area contributed by atoms with Crippen LogP contribution in [0.3, 0.4) is 0 Å². The molecule has 0 heterocycles. The van der Waals surface area contributed by atoms with Gasteiger partial charge in [0.05, 0.1) is 0 Å². The van der Waals surface area contributed by atoms with E-state index in [0.29, 0.717) is 0 Å². The van der Waals surface area contributed by atoms with Gasteiger partial charge in [-0.1, -0.05) is 0 Å². The Labute approximate surface area is 42.7 Å². The van der Waals surface area contributed by atoms with E-state index in [9.17, 15) is 0 Å². The van der Waals surface area contributed by atoms with Gasteiger partial charge in [-0.3, -0.25) is 4.66 Å². The van der Waals surface area contributed by atoms with Crippen molar-refractivity contribution in [2.75, 3.05) is 0 Å². The highest BCUT2D eigenvalue weighted by Crippen LogP contribution is 1.62. The summed E-state index contributed by atoms with van der Waals surface area (Å²) in [5, 5.41) is 2.16. The maximum absolute atomic E-state index is 5.14. The normalized spacial score (nSPS) is 8.20. The minimum absolute atomic E-state index is 0.704. The number of hydrogen-bond acceptors (Lipinski definition) is 2. The molecule has 28 valence electrons. The van der Waals surface area contributed by atoms with Gasteiger partial charge in [0.15, 0.2) is 0 Å². The van der Waals surface area contributed by atoms with Gasteiger partial charge in [0.25, 0.3) is 8.99 Å². The molecule has 0 spiro atoms. The van der Waals surface area contributed by atoms with E-state index in [2.05, 4.69) is 22.0 Å². The Bertz CT molecular complexity index is 58.7. The second-order valence-corrected chi connectivity index (χ2v) is 1.82. The highest BCUT2D eigenvalue weighted by molar-refractivity contribution is 7.78. The van der Waals surface area contributed by atoms with Gasteiger partial charge >= 0.3 is 0 Å². The van der Waals surface area contributed by atoms with Crippen molar-refractivity contribution in [2.45, 2.75) is 0 Å². The first kappa shape index (κ1) is 5.31. The van der Waals surface area contributed by atoms with Crippen LogP contribution >= 0.6 is 23.3 Å². The Hall–Kier alpha value is 0.307. The van der Waals surface area contributed by atoms with Crippen molar-refractivity contribution < 1.29 is 0 Å². The Morgan fingerprint density at radius 2 is 2.60 bits per heavy atom. The molecule has 0 aromatic rings. The minimum atomic E-state index is -0.704. The first-order valence-electron chi connectivity index (χ1n) is 1.01. The van der Waals surface area contributed by atoms with Crippen LogP contribution in [0.15, 0.2) is 4.66 Å². The molecule has 0 rings (SSSR count). The standard InChI is InChI=1S/CH2ClNSSi/c2-5-3-1-4/h5H2. The van der Waals surface area contributed by atoms with Crippen LogP contribution in [0.25, 0.3) is 0 Å². The van der Waals surface area contributed by atoms with Crippen LogP contribution in [0, 0.1) is 0 Å². The van der Waals surface area contributed by atoms with Crippen LogP contribution in [0.1, 0.15) is 0 Å². The van der Waals surface area contributed by atoms with Crippen molar-refractivity contribution in [1.82, 2.24) is 0 Å². The summed E-state index contributed by atoms with van der Waals surface area (Å²) in [5.41, 5.74) is 0. The molecule has 0 aliphatic carbocycles. The molecule has 0 aromatic heterocycles. The third-order valence-electron chi connectivity index (χ3n) is 0.124. The summed E-state index contributed by atoms with van der Waals surface area (Å²) in [4.78, 5) is 0. The first-order chi connectivity index (χ1) is 2.41. The number of rotatable bonds is 1. The molecular formula is CH2ClNSSi. The molecule has 0 unspecified atom stereocenters. The van der Waals surface area contributed by atoms with Crippen LogP contribution in [0.2, 0.25) is 0 Å². The molecule has 1 nitrogen and oxygen atoms in total. The summed E-state index contributed by atoms with van der Waals surface area (Å²) in [6, 6.07) is 0. The maximum Gasteiger partial charge on any atom is 0.259 e. The van der Waals surface area contributed by atoms with Gasteiger partial charge in [-0.25, -0.2) is 0 Å². The first-order valence-corrected chi connectivity index (χ1v) is 4.19. The third-order valence-corrected chi connectivity index (χ3v) is 1.12. The number of thiocarbonyl (C=S) groups is 1. The largest absolute Gasteiger partial charge is 0.262 e. The van der Waals surface area contributed by atoms with E-state index in [1.54, 1.807) is 0 Å². The second kappa shape index (κ2) is 4.31. The van der Waals surface area contributed by atoms with Crippen molar-refractivity contribution in [3.05, 3.63) is 0 Å². The van der Waals surface area contributed by atoms with Gasteiger partial charge in [0.1, 0.15) is 0 Å². The molecule has 5 heavy (non-hydrogen) atoms. The summed E-state index contributed by atoms with van der Waals surface area (Å²) in [6.45, 7) is 0. The summed E-state index contributed by atoms with van der Waals surface area (Å²) in [5.74, 6) is 0. The van der Waals surface area contributed by atoms with Gasteiger partial charge < -0.3 is 0 Å². The Morgan fingerprint density at radius 1 is 2.00 bits per heavy atom. The molecule has 4 heteroatoms. The van der Waals surface area contributed by atoms with E-state index < -0.39 is 8.99 Å². The van der Waals surface area contributed by atoms with Crippen LogP contribution in [-0.4, -0.2) is 14.2 Å². The summed E-state index contributed by atoms with van der Waals surface area (Å²) >= 11 is 9.33. The van der Waals surface area contributed by atoms with Crippen molar-refractivity contribution in [1.29, 1.82) is 0 Å². The van der Waals surface area contributed by atoms with Crippen LogP contribution in [-0.2, 0) is 0 Å². The Balaban J connectivity index is 2.93. The highest BCUT2D eigenvalue weighted by Gasteiger charge is 1.56. The predicted octanol–water partition coefficient (Wildman–Crippen LogP) is 0.327. The quantitative estimate of drug-likeness (QED) is 0.212.